The van der Waals surface area contributed by atoms with Gasteiger partial charge in [0.25, 0.3) is 0 Å². The van der Waals surface area contributed by atoms with E-state index in [1.807, 2.05) is 27.7 Å². The number of methoxy groups -OCH3 is 2. The minimum atomic E-state index is -4.71. The predicted octanol–water partition coefficient (Wildman–Crippen LogP) is 11.8. The highest BCUT2D eigenvalue weighted by atomic mass is 79.9. The fourth-order valence-electron chi connectivity index (χ4n) is 9.58. The van der Waals surface area contributed by atoms with Crippen molar-refractivity contribution in [2.75, 3.05) is 27.3 Å². The summed E-state index contributed by atoms with van der Waals surface area (Å²) in [5, 5.41) is 0. The number of Topliss-reactive ketones (excluding diaryl/α,β-unsaturated/α-hetero) is 2. The molecule has 4 atom stereocenters. The summed E-state index contributed by atoms with van der Waals surface area (Å²) in [6, 6.07) is 17.5. The van der Waals surface area contributed by atoms with Crippen LogP contribution in [-0.2, 0) is 64.1 Å². The van der Waals surface area contributed by atoms with E-state index in [1.54, 1.807) is 6.07 Å². The van der Waals surface area contributed by atoms with E-state index in [2.05, 4.69) is 25.9 Å². The molecule has 0 saturated carbocycles. The summed E-state index contributed by atoms with van der Waals surface area (Å²) in [5.74, 6) is -4.01. The average Bonchev–Trinajstić information content (AvgIpc) is 1.99. The number of aromatic nitrogens is 2. The number of alkyl halides is 8. The van der Waals surface area contributed by atoms with E-state index in [4.69, 9.17) is 18.8 Å². The van der Waals surface area contributed by atoms with Gasteiger partial charge in [0.2, 0.25) is 31.8 Å². The number of ether oxygens (including phenoxy) is 2. The molecule has 0 amide bonds. The lowest BCUT2D eigenvalue weighted by molar-refractivity contribution is -0.142. The number of carbonyl (C=O) groups excluding carboxylic acids is 2. The SMILES string of the molecule is COc1nc(C(F)(F)F)ccc1-c1cc(F)cc(CCC(=O)[C@@H]2C[C@@H](F)CN2S(=O)(=O)c2ccc(F)cc2)c1.COc1nc(C(F)(F)F)ccc1B1OC(C)(C)C(C)(C)O1.O=C(CCc1cc(F)cc(Br)c1)[C@@H]1C[C@@H](F)CN1S(=O)(=O)c1ccc(F)cc1. The van der Waals surface area contributed by atoms with Gasteiger partial charge in [0.05, 0.1) is 47.3 Å². The van der Waals surface area contributed by atoms with Gasteiger partial charge >= 0.3 is 19.5 Å². The quantitative estimate of drug-likeness (QED) is 0.0664. The Morgan fingerprint density at radius 3 is 1.42 bits per heavy atom. The molecule has 3 aliphatic heterocycles. The molecular formula is C58H56BBrF12N4O10S2. The Hall–Kier alpha value is -6.44. The van der Waals surface area contributed by atoms with Crippen LogP contribution in [0.4, 0.5) is 52.7 Å². The number of nitrogens with zero attached hydrogens (tertiary/aromatic N) is 4. The number of carbonyl (C=O) groups is 2. The summed E-state index contributed by atoms with van der Waals surface area (Å²) in [6.45, 7) is 6.46. The van der Waals surface area contributed by atoms with E-state index < -0.39 is 134 Å². The number of sulfonamides is 2. The van der Waals surface area contributed by atoms with E-state index in [9.17, 15) is 79.1 Å². The van der Waals surface area contributed by atoms with Crippen molar-refractivity contribution >= 4 is 60.1 Å². The zero-order chi connectivity index (χ0) is 65.1. The first-order valence-electron chi connectivity index (χ1n) is 26.7. The first-order valence-corrected chi connectivity index (χ1v) is 30.3. The van der Waals surface area contributed by atoms with E-state index >= 15 is 0 Å². The van der Waals surface area contributed by atoms with Crippen molar-refractivity contribution in [2.24, 2.45) is 0 Å². The number of benzene rings is 4. The molecule has 2 aromatic heterocycles. The zero-order valence-corrected chi connectivity index (χ0v) is 50.8. The Bertz CT molecular complexity index is 3700. The molecule has 5 heterocycles. The van der Waals surface area contributed by atoms with Gasteiger partial charge in [-0.15, -0.1) is 0 Å². The summed E-state index contributed by atoms with van der Waals surface area (Å²) in [4.78, 5) is 32.1. The first-order chi connectivity index (χ1) is 40.9. The zero-order valence-electron chi connectivity index (χ0n) is 47.5. The number of hydrogen-bond donors (Lipinski definition) is 0. The Labute approximate surface area is 507 Å². The largest absolute Gasteiger partial charge is 0.500 e. The maximum atomic E-state index is 14.4. The van der Waals surface area contributed by atoms with Crippen LogP contribution in [0.5, 0.6) is 11.8 Å². The van der Waals surface area contributed by atoms with Crippen molar-refractivity contribution in [1.82, 2.24) is 18.6 Å². The second-order valence-electron chi connectivity index (χ2n) is 21.4. The number of rotatable bonds is 16. The highest BCUT2D eigenvalue weighted by Gasteiger charge is 2.53. The fraction of sp³-hybridized carbons (Fsp3) is 0.379. The topological polar surface area (TPSA) is 172 Å². The van der Waals surface area contributed by atoms with Crippen LogP contribution >= 0.6 is 15.9 Å². The molecule has 4 aromatic carbocycles. The van der Waals surface area contributed by atoms with Crippen molar-refractivity contribution < 1.29 is 97.9 Å². The van der Waals surface area contributed by atoms with Gasteiger partial charge in [0.15, 0.2) is 11.6 Å². The van der Waals surface area contributed by atoms with Crippen LogP contribution in [-0.4, -0.2) is 117 Å². The molecule has 9 rings (SSSR count). The van der Waals surface area contributed by atoms with Crippen LogP contribution in [0.25, 0.3) is 11.1 Å². The lowest BCUT2D eigenvalue weighted by Gasteiger charge is -2.32. The normalized spacial score (nSPS) is 19.6. The molecule has 3 saturated heterocycles. The third kappa shape index (κ3) is 16.5. The minimum Gasteiger partial charge on any atom is -0.481 e. The Balaban J connectivity index is 0.000000198. The summed E-state index contributed by atoms with van der Waals surface area (Å²) in [5.41, 5.74) is -1.94. The number of aryl methyl sites for hydroxylation is 2. The predicted molar refractivity (Wildman–Crippen MR) is 301 cm³/mol. The van der Waals surface area contributed by atoms with Crippen LogP contribution in [0.3, 0.4) is 0 Å². The smallest absolute Gasteiger partial charge is 0.481 e. The maximum absolute atomic E-state index is 14.4. The first kappa shape index (κ1) is 69.0. The number of hydrogen-bond acceptors (Lipinski definition) is 12. The van der Waals surface area contributed by atoms with Crippen molar-refractivity contribution in [1.29, 1.82) is 0 Å². The Morgan fingerprint density at radius 2 is 1.00 bits per heavy atom. The van der Waals surface area contributed by atoms with Crippen LogP contribution in [0.15, 0.2) is 123 Å². The summed E-state index contributed by atoms with van der Waals surface area (Å²) in [6.07, 6.45) is -13.1. The molecule has 14 nitrogen and oxygen atoms in total. The van der Waals surface area contributed by atoms with Crippen LogP contribution in [0.2, 0.25) is 0 Å². The van der Waals surface area contributed by atoms with Gasteiger partial charge in [-0.05, 0) is 154 Å². The number of halogens is 13. The minimum absolute atomic E-state index is 0.0529. The van der Waals surface area contributed by atoms with Crippen molar-refractivity contribution in [2.45, 2.75) is 124 Å². The molecule has 3 aliphatic rings. The third-order valence-electron chi connectivity index (χ3n) is 14.7. The van der Waals surface area contributed by atoms with Crippen LogP contribution in [0.1, 0.15) is 75.9 Å². The van der Waals surface area contributed by atoms with Crippen molar-refractivity contribution in [3.63, 3.8) is 0 Å². The van der Waals surface area contributed by atoms with Crippen LogP contribution < -0.4 is 14.9 Å². The van der Waals surface area contributed by atoms with E-state index in [-0.39, 0.29) is 71.2 Å². The summed E-state index contributed by atoms with van der Waals surface area (Å²) >= 11 is 3.17. The molecule has 0 radical (unpaired) electrons. The summed E-state index contributed by atoms with van der Waals surface area (Å²) < 4.78 is 235. The second kappa shape index (κ2) is 27.3. The van der Waals surface area contributed by atoms with E-state index in [1.165, 1.54) is 31.4 Å². The van der Waals surface area contributed by atoms with Gasteiger partial charge in [-0.25, -0.2) is 53.1 Å². The number of ketones is 2. The molecule has 3 fully saturated rings. The lowest BCUT2D eigenvalue weighted by Crippen LogP contribution is -2.41. The molecule has 0 unspecified atom stereocenters. The van der Waals surface area contributed by atoms with Crippen molar-refractivity contribution in [3.05, 3.63) is 159 Å². The lowest BCUT2D eigenvalue weighted by atomic mass is 9.79. The van der Waals surface area contributed by atoms with Gasteiger partial charge in [-0.3, -0.25) is 9.59 Å². The molecule has 0 spiro atoms. The van der Waals surface area contributed by atoms with E-state index in [0.29, 0.717) is 21.1 Å². The van der Waals surface area contributed by atoms with Gasteiger partial charge in [-0.1, -0.05) is 28.1 Å². The molecule has 474 valence electrons. The Morgan fingerprint density at radius 1 is 0.591 bits per heavy atom. The second-order valence-corrected chi connectivity index (χ2v) is 26.1. The van der Waals surface area contributed by atoms with Crippen molar-refractivity contribution in [3.8, 4) is 22.9 Å². The number of pyridine rings is 2. The Kier molecular flexibility index (Phi) is 21.5. The third-order valence-corrected chi connectivity index (χ3v) is 19.0. The molecule has 30 heteroatoms. The fourth-order valence-corrected chi connectivity index (χ4v) is 13.4. The molecule has 6 aromatic rings. The molecule has 0 bridgehead atoms. The highest BCUT2D eigenvalue weighted by Crippen LogP contribution is 2.39. The van der Waals surface area contributed by atoms with Gasteiger partial charge in [0.1, 0.15) is 47.0 Å². The van der Waals surface area contributed by atoms with Crippen LogP contribution in [0, 0.1) is 23.3 Å². The highest BCUT2D eigenvalue weighted by molar-refractivity contribution is 9.10. The van der Waals surface area contributed by atoms with E-state index in [0.717, 1.165) is 94.6 Å². The standard InChI is InChI=1S/C26H22F6N2O4S.C19H17BrF3NO3S.C13H17BF3NO3/c1-38-25-21(7-9-24(33-25)26(30,31)32)16-10-15(11-18(28)12-16)2-8-23(35)22-13-19(29)14-34(22)39(36,37)20-5-3-17(27)4-6-20;20-13-7-12(8-15(22)9-13)1-6-19(25)18-10-16(23)11-24(18)28(26,27)17-4-2-14(21)3-5-17;1-11(2)12(3,4)21-14(20-11)8-6-7-9(13(15,16)17)18-10(8)19-5/h3-7,9-12,19,22H,2,8,13-14H2,1H3;2-5,7-9,16,18H,1,6,10-11H2;6-7H,1-5H3/t19-,22+;16-,18+;/m11./s1. The van der Waals surface area contributed by atoms with Gasteiger partial charge in [0, 0.05) is 54.3 Å². The summed E-state index contributed by atoms with van der Waals surface area (Å²) in [7, 11) is -6.87. The monoisotopic (exact) mass is 1350 g/mol. The molecule has 0 aliphatic carbocycles. The average molecular weight is 1350 g/mol. The molecular weight excluding hydrogens is 1300 g/mol. The molecule has 0 N–H and O–H groups in total. The maximum Gasteiger partial charge on any atom is 0.500 e. The van der Waals surface area contributed by atoms with Gasteiger partial charge in [-0.2, -0.15) is 35.0 Å². The van der Waals surface area contributed by atoms with Gasteiger partial charge < -0.3 is 18.8 Å². The molecule has 88 heavy (non-hydrogen) atoms.